The van der Waals surface area contributed by atoms with Crippen molar-refractivity contribution < 1.29 is 19.1 Å². The number of hydrogen-bond donors (Lipinski definition) is 5. The number of carbonyl (C=O) groups is 2. The van der Waals surface area contributed by atoms with Crippen LogP contribution in [0.15, 0.2) is 30.3 Å². The third-order valence-electron chi connectivity index (χ3n) is 3.58. The number of ether oxygens (including phenoxy) is 1. The molecule has 0 aliphatic rings. The van der Waals surface area contributed by atoms with Crippen molar-refractivity contribution in [2.75, 3.05) is 6.54 Å². The average Bonchev–Trinajstić information content (AvgIpc) is 2.62. The highest BCUT2D eigenvalue weighted by Crippen LogP contribution is 2.15. The molecule has 0 fully saturated rings. The fourth-order valence-corrected chi connectivity index (χ4v) is 2.27. The molecule has 1 amide bonds. The van der Waals surface area contributed by atoms with Crippen LogP contribution in [0.25, 0.3) is 0 Å². The molecule has 9 heteroatoms. The molecular weight excluding hydrogens is 338 g/mol. The fourth-order valence-electron chi connectivity index (χ4n) is 2.27. The Labute approximate surface area is 152 Å². The minimum Gasteiger partial charge on any atom is -0.445 e. The molecule has 0 aliphatic heterocycles. The van der Waals surface area contributed by atoms with Gasteiger partial charge in [0.05, 0.1) is 6.04 Å². The number of nitrogens with two attached hydrogens (primary N) is 2. The molecular formula is C17H24N5O4. The molecule has 1 rings (SSSR count). The van der Waals surface area contributed by atoms with Gasteiger partial charge in [-0.25, -0.2) is 4.79 Å². The van der Waals surface area contributed by atoms with Crippen LogP contribution in [0, 0.1) is 5.41 Å². The molecule has 7 N–H and O–H groups in total. The van der Waals surface area contributed by atoms with Crippen LogP contribution in [0.4, 0.5) is 4.79 Å². The molecule has 0 saturated carbocycles. The molecule has 0 heterocycles. The summed E-state index contributed by atoms with van der Waals surface area (Å²) in [4.78, 5) is 36.0. The van der Waals surface area contributed by atoms with E-state index >= 15 is 0 Å². The third kappa shape index (κ3) is 6.52. The van der Waals surface area contributed by atoms with Gasteiger partial charge in [-0.3, -0.25) is 15.0 Å². The van der Waals surface area contributed by atoms with Crippen LogP contribution < -0.4 is 22.1 Å². The second-order valence-electron chi connectivity index (χ2n) is 5.79. The molecule has 1 radical (unpaired) electrons. The summed E-state index contributed by atoms with van der Waals surface area (Å²) in [6.45, 7) is 1.64. The smallest absolute Gasteiger partial charge is 0.408 e. The summed E-state index contributed by atoms with van der Waals surface area (Å²) in [6.07, 6.45) is 0.897. The molecule has 26 heavy (non-hydrogen) atoms. The molecule has 0 unspecified atom stereocenters. The third-order valence-corrected chi connectivity index (χ3v) is 3.58. The monoisotopic (exact) mass is 362 g/mol. The number of hydrogen-bond acceptors (Lipinski definition) is 6. The maximum absolute atomic E-state index is 12.4. The number of ketones is 1. The number of nitrogens with one attached hydrogen (secondary N) is 3. The van der Waals surface area contributed by atoms with Gasteiger partial charge in [-0.2, -0.15) is 0 Å². The second kappa shape index (κ2) is 10.1. The highest BCUT2D eigenvalue weighted by Gasteiger charge is 2.42. The topological polar surface area (TPSA) is 160 Å². The summed E-state index contributed by atoms with van der Waals surface area (Å²) in [5.74, 6) is -0.911. The summed E-state index contributed by atoms with van der Waals surface area (Å²) in [5, 5.41) is 11.9. The number of carbonyl (C=O) groups excluding carboxylic acids is 3. The van der Waals surface area contributed by atoms with E-state index in [-0.39, 0.29) is 32.0 Å². The lowest BCUT2D eigenvalue weighted by Gasteiger charge is -2.28. The first-order valence-corrected chi connectivity index (χ1v) is 8.06. The number of benzene rings is 1. The van der Waals surface area contributed by atoms with Gasteiger partial charge in [0.25, 0.3) is 0 Å². The van der Waals surface area contributed by atoms with Crippen LogP contribution >= 0.6 is 0 Å². The molecule has 9 nitrogen and oxygen atoms in total. The van der Waals surface area contributed by atoms with Gasteiger partial charge in [0.1, 0.15) is 6.61 Å². The number of amides is 1. The minimum absolute atomic E-state index is 0.0140. The van der Waals surface area contributed by atoms with Crippen LogP contribution in [0.2, 0.25) is 0 Å². The predicted molar refractivity (Wildman–Crippen MR) is 96.0 cm³/mol. The van der Waals surface area contributed by atoms with Gasteiger partial charge < -0.3 is 26.8 Å². The minimum atomic E-state index is -1.92. The van der Waals surface area contributed by atoms with Crippen molar-refractivity contribution in [2.24, 2.45) is 11.5 Å². The lowest BCUT2D eigenvalue weighted by molar-refractivity contribution is -0.124. The Morgan fingerprint density at radius 1 is 1.35 bits per heavy atom. The number of alkyl carbamates (subject to hydrolysis) is 1. The van der Waals surface area contributed by atoms with Gasteiger partial charge in [-0.05, 0) is 25.3 Å². The largest absolute Gasteiger partial charge is 0.445 e. The van der Waals surface area contributed by atoms with Gasteiger partial charge in [0.2, 0.25) is 6.29 Å². The number of guanidine groups is 1. The predicted octanol–water partition coefficient (Wildman–Crippen LogP) is -0.0591. The molecule has 0 aromatic heterocycles. The van der Waals surface area contributed by atoms with Crippen molar-refractivity contribution in [1.29, 1.82) is 5.41 Å². The Morgan fingerprint density at radius 2 is 2.00 bits per heavy atom. The van der Waals surface area contributed by atoms with Crippen molar-refractivity contribution in [2.45, 2.75) is 38.0 Å². The number of rotatable bonds is 10. The van der Waals surface area contributed by atoms with Crippen LogP contribution in [0.1, 0.15) is 25.3 Å². The second-order valence-corrected chi connectivity index (χ2v) is 5.79. The normalized spacial score (nSPS) is 13.8. The standard InChI is InChI=1S/C17H24N5O4/c1-12(18)14(24)17(11-23,8-5-9-21-15(19)20)22-16(25)26-10-13-6-3-2-4-7-13/h2-4,6-7,12H,5,8-10,18H2,1H3,(H,22,25)(H4,19,20,21)/t12-,17-/m1/s1. The molecule has 1 aromatic carbocycles. The summed E-state index contributed by atoms with van der Waals surface area (Å²) < 4.78 is 5.07. The van der Waals surface area contributed by atoms with Crippen molar-refractivity contribution in [3.05, 3.63) is 35.9 Å². The van der Waals surface area contributed by atoms with Crippen molar-refractivity contribution in [3.63, 3.8) is 0 Å². The fraction of sp³-hybridized carbons (Fsp3) is 0.412. The average molecular weight is 362 g/mol. The molecule has 1 aromatic rings. The molecule has 0 saturated heterocycles. The Bertz CT molecular complexity index is 635. The van der Waals surface area contributed by atoms with Gasteiger partial charge in [0, 0.05) is 6.54 Å². The molecule has 0 aliphatic carbocycles. The number of Topliss-reactive ketones (excluding diaryl/α,β-unsaturated/α-hetero) is 1. The lowest BCUT2D eigenvalue weighted by Crippen LogP contribution is -2.60. The SMILES string of the molecule is C[C@@H](N)C(=O)[C@]([C]=O)(CCCNC(=N)N)NC(=O)OCc1ccccc1. The maximum atomic E-state index is 12.4. The zero-order valence-electron chi connectivity index (χ0n) is 14.6. The summed E-state index contributed by atoms with van der Waals surface area (Å²) in [5.41, 5.74) is 9.62. The molecule has 0 bridgehead atoms. The summed E-state index contributed by atoms with van der Waals surface area (Å²) >= 11 is 0. The van der Waals surface area contributed by atoms with Gasteiger partial charge >= 0.3 is 6.09 Å². The Morgan fingerprint density at radius 3 is 2.54 bits per heavy atom. The van der Waals surface area contributed by atoms with E-state index in [1.54, 1.807) is 30.6 Å². The van der Waals surface area contributed by atoms with Gasteiger partial charge in [0.15, 0.2) is 17.3 Å². The van der Waals surface area contributed by atoms with Crippen molar-refractivity contribution >= 4 is 24.1 Å². The Hall–Kier alpha value is -2.94. The highest BCUT2D eigenvalue weighted by atomic mass is 16.5. The van der Waals surface area contributed by atoms with Crippen molar-refractivity contribution in [3.8, 4) is 0 Å². The van der Waals surface area contributed by atoms with Crippen LogP contribution in [-0.2, 0) is 20.9 Å². The Kier molecular flexibility index (Phi) is 8.23. The first kappa shape index (κ1) is 21.1. The zero-order valence-corrected chi connectivity index (χ0v) is 14.6. The van der Waals surface area contributed by atoms with E-state index in [0.29, 0.717) is 0 Å². The summed E-state index contributed by atoms with van der Waals surface area (Å²) in [6, 6.07) is 7.97. The van der Waals surface area contributed by atoms with E-state index in [0.717, 1.165) is 5.56 Å². The zero-order chi connectivity index (χ0) is 19.6. The molecule has 0 spiro atoms. The van der Waals surface area contributed by atoms with Gasteiger partial charge in [-0.1, -0.05) is 30.3 Å². The molecule has 2 atom stereocenters. The van der Waals surface area contributed by atoms with Crippen LogP contribution in [-0.4, -0.2) is 42.2 Å². The first-order valence-electron chi connectivity index (χ1n) is 8.06. The van der Waals surface area contributed by atoms with E-state index in [9.17, 15) is 14.4 Å². The van der Waals surface area contributed by atoms with Crippen LogP contribution in [0.5, 0.6) is 0 Å². The highest BCUT2D eigenvalue weighted by molar-refractivity contribution is 6.07. The van der Waals surface area contributed by atoms with E-state index in [2.05, 4.69) is 10.6 Å². The van der Waals surface area contributed by atoms with E-state index in [1.807, 2.05) is 6.07 Å². The first-order chi connectivity index (χ1) is 12.3. The maximum Gasteiger partial charge on any atom is 0.408 e. The quantitative estimate of drug-likeness (QED) is 0.169. The van der Waals surface area contributed by atoms with Gasteiger partial charge in [-0.15, -0.1) is 0 Å². The molecule has 141 valence electrons. The van der Waals surface area contributed by atoms with E-state index in [1.165, 1.54) is 6.92 Å². The lowest BCUT2D eigenvalue weighted by atomic mass is 9.87. The van der Waals surface area contributed by atoms with E-state index < -0.39 is 23.5 Å². The van der Waals surface area contributed by atoms with E-state index in [4.69, 9.17) is 21.6 Å². The Balaban J connectivity index is 2.75. The van der Waals surface area contributed by atoms with Crippen molar-refractivity contribution in [1.82, 2.24) is 10.6 Å². The van der Waals surface area contributed by atoms with Crippen LogP contribution in [0.3, 0.4) is 0 Å². The summed E-state index contributed by atoms with van der Waals surface area (Å²) in [7, 11) is 0.